The van der Waals surface area contributed by atoms with Gasteiger partial charge in [0, 0.05) is 6.08 Å². The molecule has 0 saturated carbocycles. The summed E-state index contributed by atoms with van der Waals surface area (Å²) in [4.78, 5) is 12.2. The van der Waals surface area contributed by atoms with Crippen LogP contribution < -0.4 is 5.32 Å². The summed E-state index contributed by atoms with van der Waals surface area (Å²) in [6, 6.07) is 6.29. The van der Waals surface area contributed by atoms with Gasteiger partial charge in [-0.25, -0.2) is 0 Å². The number of aliphatic hydroxyl groups is 4. The molecule has 28 heavy (non-hydrogen) atoms. The second-order valence-corrected chi connectivity index (χ2v) is 6.54. The quantitative estimate of drug-likeness (QED) is 0.253. The van der Waals surface area contributed by atoms with Crippen molar-refractivity contribution in [2.45, 2.75) is 56.7 Å². The molecule has 0 aromatic heterocycles. The van der Waals surface area contributed by atoms with Crippen molar-refractivity contribution in [2.24, 2.45) is 0 Å². The number of hydrogen-bond donors (Lipinski definition) is 6. The Balaban J connectivity index is 1.98. The predicted octanol–water partition coefficient (Wildman–Crippen LogP) is -0.536. The number of aliphatic hydroxyl groups excluding tert-OH is 4. The van der Waals surface area contributed by atoms with Crippen LogP contribution in [0, 0.1) is 0 Å². The van der Waals surface area contributed by atoms with Crippen LogP contribution in [0.2, 0.25) is 0 Å². The molecule has 1 amide bonds. The summed E-state index contributed by atoms with van der Waals surface area (Å²) in [5.74, 6) is -0.325. The average Bonchev–Trinajstić information content (AvgIpc) is 2.68. The van der Waals surface area contributed by atoms with Gasteiger partial charge < -0.3 is 40.3 Å². The van der Waals surface area contributed by atoms with Gasteiger partial charge >= 0.3 is 0 Å². The fourth-order valence-electron chi connectivity index (χ4n) is 2.74. The molecule has 0 radical (unpaired) electrons. The van der Waals surface area contributed by atoms with Crippen LogP contribution >= 0.6 is 0 Å². The molecule has 2 rings (SSSR count). The molecule has 1 fully saturated rings. The summed E-state index contributed by atoms with van der Waals surface area (Å²) >= 11 is 0. The molecular weight excluding hydrogens is 370 g/mol. The largest absolute Gasteiger partial charge is 0.508 e. The predicted molar refractivity (Wildman–Crippen MR) is 98.8 cm³/mol. The Bertz CT molecular complexity index is 648. The normalized spacial score (nSPS) is 29.0. The van der Waals surface area contributed by atoms with E-state index in [0.717, 1.165) is 5.56 Å². The number of phenols is 1. The van der Waals surface area contributed by atoms with Crippen LogP contribution in [0.1, 0.15) is 25.3 Å². The first kappa shape index (κ1) is 22.3. The first-order valence-corrected chi connectivity index (χ1v) is 9.09. The third-order valence-corrected chi connectivity index (χ3v) is 4.32. The number of carbonyl (C=O) groups excluding carboxylic acids is 1. The lowest BCUT2D eigenvalue weighted by Crippen LogP contribution is -2.60. The summed E-state index contributed by atoms with van der Waals surface area (Å²) in [5, 5.41) is 50.8. The second kappa shape index (κ2) is 10.5. The van der Waals surface area contributed by atoms with Crippen LogP contribution in [-0.2, 0) is 14.3 Å². The summed E-state index contributed by atoms with van der Waals surface area (Å²) in [5.41, 5.74) is 0.717. The van der Waals surface area contributed by atoms with Crippen LogP contribution in [0.25, 0.3) is 6.08 Å². The SMILES string of the molecule is CCCC(NC(=O)/C=C/c1ccc(O)cc1)OC1O[C@H](CO)[C@@H](O)[C@H](O)[C@H]1O. The number of amides is 1. The highest BCUT2D eigenvalue weighted by Gasteiger charge is 2.44. The first-order valence-electron chi connectivity index (χ1n) is 9.09. The van der Waals surface area contributed by atoms with Gasteiger partial charge in [-0.3, -0.25) is 4.79 Å². The number of benzene rings is 1. The lowest BCUT2D eigenvalue weighted by atomic mass is 9.99. The van der Waals surface area contributed by atoms with Gasteiger partial charge in [0.05, 0.1) is 6.61 Å². The molecule has 1 aromatic rings. The van der Waals surface area contributed by atoms with Gasteiger partial charge in [0.1, 0.15) is 36.4 Å². The number of hydrogen-bond acceptors (Lipinski definition) is 8. The molecule has 1 aliphatic heterocycles. The van der Waals surface area contributed by atoms with Crippen molar-refractivity contribution in [3.05, 3.63) is 35.9 Å². The van der Waals surface area contributed by atoms with Crippen molar-refractivity contribution in [1.29, 1.82) is 0 Å². The van der Waals surface area contributed by atoms with Gasteiger partial charge in [-0.1, -0.05) is 25.5 Å². The molecule has 0 aliphatic carbocycles. The highest BCUT2D eigenvalue weighted by Crippen LogP contribution is 2.23. The Labute approximate surface area is 162 Å². The number of carbonyl (C=O) groups is 1. The standard InChI is InChI=1S/C19H27NO8/c1-2-3-15(20-14(23)9-6-11-4-7-12(22)8-5-11)28-19-18(26)17(25)16(24)13(10-21)27-19/h4-9,13,15-19,21-22,24-26H,2-3,10H2,1H3,(H,20,23)/b9-6+/t13-,15?,16-,17+,18-,19?/m1/s1. The molecule has 1 saturated heterocycles. The van der Waals surface area contributed by atoms with E-state index in [2.05, 4.69) is 5.32 Å². The number of aromatic hydroxyl groups is 1. The van der Waals surface area contributed by atoms with E-state index in [1.165, 1.54) is 18.2 Å². The number of ether oxygens (including phenoxy) is 2. The van der Waals surface area contributed by atoms with Crippen molar-refractivity contribution in [3.8, 4) is 5.75 Å². The van der Waals surface area contributed by atoms with E-state index >= 15 is 0 Å². The van der Waals surface area contributed by atoms with Crippen molar-refractivity contribution in [2.75, 3.05) is 6.61 Å². The Kier molecular flexibility index (Phi) is 8.36. The molecule has 0 bridgehead atoms. The minimum Gasteiger partial charge on any atom is -0.508 e. The maximum atomic E-state index is 12.2. The van der Waals surface area contributed by atoms with Crippen molar-refractivity contribution in [1.82, 2.24) is 5.32 Å². The zero-order chi connectivity index (χ0) is 20.7. The van der Waals surface area contributed by atoms with E-state index in [0.29, 0.717) is 12.8 Å². The maximum absolute atomic E-state index is 12.2. The van der Waals surface area contributed by atoms with Gasteiger partial charge in [0.25, 0.3) is 0 Å². The van der Waals surface area contributed by atoms with E-state index in [1.54, 1.807) is 18.2 Å². The first-order chi connectivity index (χ1) is 13.3. The summed E-state index contributed by atoms with van der Waals surface area (Å²) in [6.07, 6.45) is -3.88. The fourth-order valence-corrected chi connectivity index (χ4v) is 2.74. The number of rotatable bonds is 8. The van der Waals surface area contributed by atoms with Crippen LogP contribution in [0.5, 0.6) is 5.75 Å². The summed E-state index contributed by atoms with van der Waals surface area (Å²) in [6.45, 7) is 1.31. The Morgan fingerprint density at radius 1 is 1.21 bits per heavy atom. The van der Waals surface area contributed by atoms with E-state index in [1.807, 2.05) is 6.92 Å². The Morgan fingerprint density at radius 3 is 2.50 bits per heavy atom. The molecule has 1 aromatic carbocycles. The lowest BCUT2D eigenvalue weighted by molar-refractivity contribution is -0.313. The van der Waals surface area contributed by atoms with Crippen LogP contribution in [0.4, 0.5) is 0 Å². The molecule has 9 nitrogen and oxygen atoms in total. The summed E-state index contributed by atoms with van der Waals surface area (Å²) in [7, 11) is 0. The number of nitrogens with one attached hydrogen (secondary N) is 1. The molecule has 1 aliphatic rings. The summed E-state index contributed by atoms with van der Waals surface area (Å²) < 4.78 is 10.9. The smallest absolute Gasteiger partial charge is 0.245 e. The highest BCUT2D eigenvalue weighted by atomic mass is 16.7. The maximum Gasteiger partial charge on any atom is 0.245 e. The van der Waals surface area contributed by atoms with Gasteiger partial charge in [-0.05, 0) is 30.2 Å². The molecule has 156 valence electrons. The third kappa shape index (κ3) is 5.99. The van der Waals surface area contributed by atoms with Gasteiger partial charge in [-0.15, -0.1) is 0 Å². The zero-order valence-electron chi connectivity index (χ0n) is 15.5. The average molecular weight is 397 g/mol. The fraction of sp³-hybridized carbons (Fsp3) is 0.526. The third-order valence-electron chi connectivity index (χ3n) is 4.32. The Hall–Kier alpha value is -2.01. The van der Waals surface area contributed by atoms with Crippen molar-refractivity contribution < 1.29 is 39.8 Å². The van der Waals surface area contributed by atoms with E-state index < -0.39 is 49.4 Å². The van der Waals surface area contributed by atoms with Gasteiger partial charge in [-0.2, -0.15) is 0 Å². The molecule has 1 heterocycles. The minimum atomic E-state index is -1.55. The van der Waals surface area contributed by atoms with E-state index in [4.69, 9.17) is 9.47 Å². The molecule has 0 spiro atoms. The van der Waals surface area contributed by atoms with E-state index in [9.17, 15) is 30.3 Å². The zero-order valence-corrected chi connectivity index (χ0v) is 15.5. The van der Waals surface area contributed by atoms with Crippen molar-refractivity contribution >= 4 is 12.0 Å². The minimum absolute atomic E-state index is 0.123. The molecule has 2 unspecified atom stereocenters. The second-order valence-electron chi connectivity index (χ2n) is 6.54. The molecular formula is C19H27NO8. The Morgan fingerprint density at radius 2 is 1.89 bits per heavy atom. The lowest BCUT2D eigenvalue weighted by Gasteiger charge is -2.40. The molecule has 6 N–H and O–H groups in total. The van der Waals surface area contributed by atoms with Crippen LogP contribution in [0.15, 0.2) is 30.3 Å². The molecule has 9 heteroatoms. The van der Waals surface area contributed by atoms with Crippen LogP contribution in [0.3, 0.4) is 0 Å². The van der Waals surface area contributed by atoms with Crippen molar-refractivity contribution in [3.63, 3.8) is 0 Å². The molecule has 6 atom stereocenters. The van der Waals surface area contributed by atoms with Gasteiger partial charge in [0.15, 0.2) is 6.29 Å². The van der Waals surface area contributed by atoms with Gasteiger partial charge in [0.2, 0.25) is 5.91 Å². The monoisotopic (exact) mass is 397 g/mol. The van der Waals surface area contributed by atoms with E-state index in [-0.39, 0.29) is 5.75 Å². The highest BCUT2D eigenvalue weighted by molar-refractivity contribution is 5.91. The van der Waals surface area contributed by atoms with Crippen LogP contribution in [-0.4, -0.2) is 75.0 Å². The topological polar surface area (TPSA) is 149 Å². The number of phenolic OH excluding ortho intramolecular Hbond substituents is 1.